The standard InChI is InChI=1S/C12H14N4O5/c1-5(17)13-7-8(18)6-9(14(2)11(7)20)15(3)12(21)16(4)10(6)19/h18H,1-4H3,(H,13,17). The van der Waals surface area contributed by atoms with Crippen molar-refractivity contribution in [1.29, 1.82) is 0 Å². The van der Waals surface area contributed by atoms with Gasteiger partial charge in [0.2, 0.25) is 5.91 Å². The molecule has 2 aromatic heterocycles. The molecule has 0 aliphatic rings. The van der Waals surface area contributed by atoms with Gasteiger partial charge in [0.15, 0.2) is 11.4 Å². The van der Waals surface area contributed by atoms with Crippen LogP contribution in [0.4, 0.5) is 5.69 Å². The summed E-state index contributed by atoms with van der Waals surface area (Å²) in [5.41, 5.74) is -2.53. The minimum atomic E-state index is -0.757. The first-order valence-corrected chi connectivity index (χ1v) is 5.97. The molecule has 112 valence electrons. The summed E-state index contributed by atoms with van der Waals surface area (Å²) in [5.74, 6) is -1.22. The summed E-state index contributed by atoms with van der Waals surface area (Å²) in [4.78, 5) is 47.4. The summed E-state index contributed by atoms with van der Waals surface area (Å²) in [6.45, 7) is 1.17. The number of amides is 1. The smallest absolute Gasteiger partial charge is 0.332 e. The van der Waals surface area contributed by atoms with E-state index < -0.39 is 34.2 Å². The van der Waals surface area contributed by atoms with Crippen LogP contribution in [0.25, 0.3) is 11.0 Å². The van der Waals surface area contributed by atoms with Gasteiger partial charge in [-0.3, -0.25) is 28.1 Å². The van der Waals surface area contributed by atoms with Crippen molar-refractivity contribution in [3.05, 3.63) is 31.2 Å². The molecule has 0 bridgehead atoms. The zero-order valence-electron chi connectivity index (χ0n) is 11.9. The second-order valence-electron chi connectivity index (χ2n) is 4.67. The van der Waals surface area contributed by atoms with Gasteiger partial charge in [-0.2, -0.15) is 0 Å². The lowest BCUT2D eigenvalue weighted by Crippen LogP contribution is -2.39. The Morgan fingerprint density at radius 2 is 1.57 bits per heavy atom. The first-order valence-electron chi connectivity index (χ1n) is 5.97. The number of anilines is 1. The minimum Gasteiger partial charge on any atom is -0.505 e. The molecule has 2 rings (SSSR count). The Morgan fingerprint density at radius 3 is 2.10 bits per heavy atom. The molecule has 9 heteroatoms. The average molecular weight is 294 g/mol. The highest BCUT2D eigenvalue weighted by atomic mass is 16.3. The Kier molecular flexibility index (Phi) is 3.20. The predicted molar refractivity (Wildman–Crippen MR) is 75.6 cm³/mol. The van der Waals surface area contributed by atoms with Gasteiger partial charge < -0.3 is 10.4 Å². The Morgan fingerprint density at radius 1 is 1.00 bits per heavy atom. The largest absolute Gasteiger partial charge is 0.505 e. The number of carbonyl (C=O) groups is 1. The molecule has 1 amide bonds. The van der Waals surface area contributed by atoms with Crippen LogP contribution in [0.1, 0.15) is 6.92 Å². The molecule has 2 aromatic rings. The van der Waals surface area contributed by atoms with Gasteiger partial charge in [-0.25, -0.2) is 4.79 Å². The lowest BCUT2D eigenvalue weighted by Gasteiger charge is -2.14. The normalized spacial score (nSPS) is 10.9. The van der Waals surface area contributed by atoms with Gasteiger partial charge in [0.1, 0.15) is 11.0 Å². The molecule has 0 unspecified atom stereocenters. The van der Waals surface area contributed by atoms with E-state index >= 15 is 0 Å². The van der Waals surface area contributed by atoms with Crippen molar-refractivity contribution >= 4 is 22.6 Å². The molecule has 21 heavy (non-hydrogen) atoms. The number of hydrogen-bond acceptors (Lipinski definition) is 5. The third kappa shape index (κ3) is 1.93. The molecule has 0 radical (unpaired) electrons. The number of rotatable bonds is 1. The van der Waals surface area contributed by atoms with Gasteiger partial charge in [-0.15, -0.1) is 0 Å². The number of pyridine rings is 1. The van der Waals surface area contributed by atoms with Crippen LogP contribution in [0.2, 0.25) is 0 Å². The molecule has 0 saturated heterocycles. The van der Waals surface area contributed by atoms with Crippen LogP contribution < -0.4 is 22.1 Å². The highest BCUT2D eigenvalue weighted by Crippen LogP contribution is 2.25. The summed E-state index contributed by atoms with van der Waals surface area (Å²) >= 11 is 0. The Labute approximate surface area is 117 Å². The molecule has 0 spiro atoms. The lowest BCUT2D eigenvalue weighted by molar-refractivity contribution is -0.114. The van der Waals surface area contributed by atoms with Gasteiger partial charge in [0, 0.05) is 28.1 Å². The second-order valence-corrected chi connectivity index (χ2v) is 4.67. The quantitative estimate of drug-likeness (QED) is 0.671. The maximum Gasteiger partial charge on any atom is 0.332 e. The summed E-state index contributed by atoms with van der Waals surface area (Å²) < 4.78 is 2.92. The molecule has 9 nitrogen and oxygen atoms in total. The van der Waals surface area contributed by atoms with Crippen LogP contribution in [-0.2, 0) is 25.9 Å². The molecule has 2 N–H and O–H groups in total. The molecule has 2 heterocycles. The monoisotopic (exact) mass is 294 g/mol. The van der Waals surface area contributed by atoms with Crippen molar-refractivity contribution in [3.8, 4) is 5.75 Å². The highest BCUT2D eigenvalue weighted by molar-refractivity contribution is 5.95. The van der Waals surface area contributed by atoms with Crippen LogP contribution in [0.3, 0.4) is 0 Å². The van der Waals surface area contributed by atoms with E-state index in [9.17, 15) is 24.3 Å². The highest BCUT2D eigenvalue weighted by Gasteiger charge is 2.21. The number of nitrogens with one attached hydrogen (secondary N) is 1. The summed E-state index contributed by atoms with van der Waals surface area (Å²) in [6.07, 6.45) is 0. The Hall–Kier alpha value is -2.84. The van der Waals surface area contributed by atoms with E-state index in [0.717, 1.165) is 13.7 Å². The third-order valence-corrected chi connectivity index (χ3v) is 3.24. The molecular formula is C12H14N4O5. The number of aryl methyl sites for hydroxylation is 2. The van der Waals surface area contributed by atoms with Crippen LogP contribution in [-0.4, -0.2) is 24.7 Å². The van der Waals surface area contributed by atoms with E-state index in [1.807, 2.05) is 0 Å². The maximum atomic E-state index is 12.2. The molecule has 0 fully saturated rings. The first-order chi connectivity index (χ1) is 9.68. The van der Waals surface area contributed by atoms with E-state index in [0.29, 0.717) is 0 Å². The van der Waals surface area contributed by atoms with Gasteiger partial charge in [-0.1, -0.05) is 0 Å². The number of aromatic nitrogens is 3. The zero-order valence-corrected chi connectivity index (χ0v) is 11.9. The zero-order chi connectivity index (χ0) is 16.1. The van der Waals surface area contributed by atoms with E-state index in [2.05, 4.69) is 5.32 Å². The minimum absolute atomic E-state index is 0.0281. The third-order valence-electron chi connectivity index (χ3n) is 3.24. The van der Waals surface area contributed by atoms with E-state index in [-0.39, 0.29) is 11.0 Å². The molecule has 0 aliphatic carbocycles. The number of nitrogens with zero attached hydrogens (tertiary/aromatic N) is 3. The summed E-state index contributed by atoms with van der Waals surface area (Å²) in [7, 11) is 3.97. The Bertz CT molecular complexity index is 947. The molecule has 0 saturated carbocycles. The van der Waals surface area contributed by atoms with E-state index in [1.54, 1.807) is 0 Å². The van der Waals surface area contributed by atoms with Gasteiger partial charge in [-0.05, 0) is 0 Å². The van der Waals surface area contributed by atoms with Crippen molar-refractivity contribution in [2.75, 3.05) is 5.32 Å². The molecular weight excluding hydrogens is 280 g/mol. The van der Waals surface area contributed by atoms with Gasteiger partial charge >= 0.3 is 5.69 Å². The SMILES string of the molecule is CC(=O)Nc1c(O)c2c(=O)n(C)c(=O)n(C)c2n(C)c1=O. The summed E-state index contributed by atoms with van der Waals surface area (Å²) in [6, 6.07) is 0. The Balaban J connectivity index is 3.19. The van der Waals surface area contributed by atoms with Gasteiger partial charge in [0.05, 0.1) is 0 Å². The van der Waals surface area contributed by atoms with Gasteiger partial charge in [0.25, 0.3) is 11.1 Å². The second kappa shape index (κ2) is 4.62. The number of fused-ring (bicyclic) bond motifs is 1. The number of hydrogen-bond donors (Lipinski definition) is 2. The fourth-order valence-corrected chi connectivity index (χ4v) is 2.21. The van der Waals surface area contributed by atoms with Crippen molar-refractivity contribution < 1.29 is 9.90 Å². The summed E-state index contributed by atoms with van der Waals surface area (Å²) in [5, 5.41) is 12.1. The van der Waals surface area contributed by atoms with E-state index in [1.165, 1.54) is 28.1 Å². The average Bonchev–Trinajstić information content (AvgIpc) is 2.42. The molecule has 0 aliphatic heterocycles. The van der Waals surface area contributed by atoms with Crippen molar-refractivity contribution in [2.45, 2.75) is 6.92 Å². The van der Waals surface area contributed by atoms with Crippen LogP contribution in [0.5, 0.6) is 5.75 Å². The fraction of sp³-hybridized carbons (Fsp3) is 0.333. The molecule has 0 aromatic carbocycles. The predicted octanol–water partition coefficient (Wildman–Crippen LogP) is -1.40. The van der Waals surface area contributed by atoms with Crippen LogP contribution in [0.15, 0.2) is 14.4 Å². The van der Waals surface area contributed by atoms with E-state index in [4.69, 9.17) is 0 Å². The fourth-order valence-electron chi connectivity index (χ4n) is 2.21. The van der Waals surface area contributed by atoms with Crippen molar-refractivity contribution in [2.24, 2.45) is 21.1 Å². The first kappa shape index (κ1) is 14.6. The lowest BCUT2D eigenvalue weighted by atomic mass is 10.2. The van der Waals surface area contributed by atoms with Crippen LogP contribution >= 0.6 is 0 Å². The maximum absolute atomic E-state index is 12.2. The van der Waals surface area contributed by atoms with Crippen LogP contribution in [0, 0.1) is 0 Å². The number of carbonyl (C=O) groups excluding carboxylic acids is 1. The topological polar surface area (TPSA) is 115 Å². The molecule has 0 atom stereocenters. The van der Waals surface area contributed by atoms with Crippen molar-refractivity contribution in [3.63, 3.8) is 0 Å². The number of aromatic hydroxyl groups is 1. The van der Waals surface area contributed by atoms with Crippen molar-refractivity contribution in [1.82, 2.24) is 13.7 Å².